The summed E-state index contributed by atoms with van der Waals surface area (Å²) in [5, 5.41) is 3.38. The van der Waals surface area contributed by atoms with E-state index in [0.717, 1.165) is 23.2 Å². The summed E-state index contributed by atoms with van der Waals surface area (Å²) in [4.78, 5) is 24.5. The number of amides is 1. The van der Waals surface area contributed by atoms with Crippen molar-refractivity contribution in [3.05, 3.63) is 64.2 Å². The number of hydrogen-bond acceptors (Lipinski definition) is 3. The summed E-state index contributed by atoms with van der Waals surface area (Å²) in [6.07, 6.45) is 0.277. The predicted molar refractivity (Wildman–Crippen MR) is 88.8 cm³/mol. The van der Waals surface area contributed by atoms with E-state index in [0.29, 0.717) is 17.0 Å². The molecule has 1 N–H and O–H groups in total. The minimum Gasteiger partial charge on any atom is -0.448 e. The van der Waals surface area contributed by atoms with Crippen LogP contribution in [0.2, 0.25) is 5.02 Å². The molecule has 2 aromatic carbocycles. The lowest BCUT2D eigenvalue weighted by Crippen LogP contribution is -2.38. The molecule has 3 rings (SSSR count). The van der Waals surface area contributed by atoms with Crippen molar-refractivity contribution in [2.75, 3.05) is 5.32 Å². The van der Waals surface area contributed by atoms with Crippen molar-refractivity contribution in [2.24, 2.45) is 0 Å². The van der Waals surface area contributed by atoms with Gasteiger partial charge in [0.15, 0.2) is 6.10 Å². The van der Waals surface area contributed by atoms with Crippen LogP contribution in [-0.4, -0.2) is 18.0 Å². The smallest absolute Gasteiger partial charge is 0.339 e. The summed E-state index contributed by atoms with van der Waals surface area (Å²) >= 11 is 5.97. The Kier molecular flexibility index (Phi) is 4.35. The van der Waals surface area contributed by atoms with Crippen molar-refractivity contribution in [3.8, 4) is 0 Å². The van der Waals surface area contributed by atoms with E-state index >= 15 is 0 Å². The van der Waals surface area contributed by atoms with Gasteiger partial charge in [-0.15, -0.1) is 0 Å². The van der Waals surface area contributed by atoms with Gasteiger partial charge in [0.25, 0.3) is 5.91 Å². The van der Waals surface area contributed by atoms with Crippen molar-refractivity contribution in [1.82, 2.24) is 0 Å². The van der Waals surface area contributed by atoms with E-state index in [-0.39, 0.29) is 5.91 Å². The topological polar surface area (TPSA) is 55.4 Å². The number of carbonyl (C=O) groups excluding carboxylic acids is 2. The molecule has 4 nitrogen and oxygen atoms in total. The van der Waals surface area contributed by atoms with Crippen molar-refractivity contribution in [1.29, 1.82) is 0 Å². The number of benzene rings is 2. The highest BCUT2D eigenvalue weighted by atomic mass is 35.5. The number of rotatable bonds is 3. The Bertz CT molecular complexity index is 773. The highest BCUT2D eigenvalue weighted by molar-refractivity contribution is 6.30. The molecule has 0 radical (unpaired) electrons. The first kappa shape index (κ1) is 15.6. The van der Waals surface area contributed by atoms with Crippen molar-refractivity contribution in [2.45, 2.75) is 25.9 Å². The van der Waals surface area contributed by atoms with Crippen LogP contribution in [0.5, 0.6) is 0 Å². The Balaban J connectivity index is 1.80. The normalized spacial score (nSPS) is 16.4. The van der Waals surface area contributed by atoms with Crippen molar-refractivity contribution in [3.63, 3.8) is 0 Å². The van der Waals surface area contributed by atoms with Crippen LogP contribution in [0.25, 0.3) is 0 Å². The van der Waals surface area contributed by atoms with Gasteiger partial charge in [0.05, 0.1) is 5.56 Å². The Morgan fingerprint density at radius 3 is 2.87 bits per heavy atom. The molecule has 0 bridgehead atoms. The van der Waals surface area contributed by atoms with Crippen LogP contribution in [0.3, 0.4) is 0 Å². The van der Waals surface area contributed by atoms with Gasteiger partial charge in [-0.2, -0.15) is 0 Å². The van der Waals surface area contributed by atoms with Gasteiger partial charge in [-0.3, -0.25) is 4.79 Å². The standard InChI is InChI=1S/C18H16ClNO3/c1-2-11-5-3-4-6-15(11)20-17(21)16-10-12-9-13(19)7-8-14(12)18(22)23-16/h3-9,16H,2,10H2,1H3,(H,20,21). The van der Waals surface area contributed by atoms with Crippen LogP contribution in [0.15, 0.2) is 42.5 Å². The zero-order valence-corrected chi connectivity index (χ0v) is 13.4. The SMILES string of the molecule is CCc1ccccc1NC(=O)C1Cc2cc(Cl)ccc2C(=O)O1. The second kappa shape index (κ2) is 6.42. The van der Waals surface area contributed by atoms with Gasteiger partial charge in [-0.1, -0.05) is 36.7 Å². The van der Waals surface area contributed by atoms with E-state index in [2.05, 4.69) is 5.32 Å². The molecule has 1 aliphatic rings. The Morgan fingerprint density at radius 1 is 1.30 bits per heavy atom. The summed E-state index contributed by atoms with van der Waals surface area (Å²) < 4.78 is 5.27. The molecule has 0 saturated carbocycles. The van der Waals surface area contributed by atoms with Crippen LogP contribution in [0.4, 0.5) is 5.69 Å². The molecule has 0 saturated heterocycles. The number of anilines is 1. The summed E-state index contributed by atoms with van der Waals surface area (Å²) in [6, 6.07) is 12.5. The molecule has 0 aliphatic carbocycles. The average Bonchev–Trinajstić information content (AvgIpc) is 2.54. The Labute approximate surface area is 139 Å². The molecule has 118 valence electrons. The summed E-state index contributed by atoms with van der Waals surface area (Å²) in [7, 11) is 0. The molecule has 0 aromatic heterocycles. The zero-order valence-electron chi connectivity index (χ0n) is 12.6. The average molecular weight is 330 g/mol. The maximum atomic E-state index is 12.5. The van der Waals surface area contributed by atoms with Crippen LogP contribution in [-0.2, 0) is 22.4 Å². The summed E-state index contributed by atoms with van der Waals surface area (Å²) in [6.45, 7) is 2.02. The van der Waals surface area contributed by atoms with Gasteiger partial charge in [-0.25, -0.2) is 4.79 Å². The van der Waals surface area contributed by atoms with Crippen LogP contribution < -0.4 is 5.32 Å². The van der Waals surface area contributed by atoms with Gasteiger partial charge in [0.2, 0.25) is 0 Å². The monoisotopic (exact) mass is 329 g/mol. The third-order valence-corrected chi connectivity index (χ3v) is 4.13. The lowest BCUT2D eigenvalue weighted by Gasteiger charge is -2.24. The third-order valence-electron chi connectivity index (χ3n) is 3.89. The van der Waals surface area contributed by atoms with E-state index in [1.165, 1.54) is 0 Å². The lowest BCUT2D eigenvalue weighted by molar-refractivity contribution is -0.125. The largest absolute Gasteiger partial charge is 0.448 e. The number of fused-ring (bicyclic) bond motifs is 1. The molecule has 5 heteroatoms. The molecule has 0 fully saturated rings. The number of esters is 1. The van der Waals surface area contributed by atoms with Crippen LogP contribution in [0, 0.1) is 0 Å². The highest BCUT2D eigenvalue weighted by Gasteiger charge is 2.31. The van der Waals surface area contributed by atoms with Crippen molar-refractivity contribution < 1.29 is 14.3 Å². The molecule has 2 aromatic rings. The third kappa shape index (κ3) is 3.22. The van der Waals surface area contributed by atoms with Gasteiger partial charge < -0.3 is 10.1 Å². The van der Waals surface area contributed by atoms with Crippen molar-refractivity contribution >= 4 is 29.2 Å². The number of aryl methyl sites for hydroxylation is 1. The van der Waals surface area contributed by atoms with E-state index in [4.69, 9.17) is 16.3 Å². The number of cyclic esters (lactones) is 1. The zero-order chi connectivity index (χ0) is 16.4. The minimum absolute atomic E-state index is 0.321. The maximum Gasteiger partial charge on any atom is 0.339 e. The Hall–Kier alpha value is -2.33. The first-order valence-corrected chi connectivity index (χ1v) is 7.84. The summed E-state index contributed by atoms with van der Waals surface area (Å²) in [5.41, 5.74) is 2.98. The molecular weight excluding hydrogens is 314 g/mol. The van der Waals surface area contributed by atoms with E-state index in [9.17, 15) is 9.59 Å². The van der Waals surface area contributed by atoms with Gasteiger partial charge in [0.1, 0.15) is 0 Å². The van der Waals surface area contributed by atoms with E-state index in [1.807, 2.05) is 31.2 Å². The molecule has 1 unspecified atom stereocenters. The number of para-hydroxylation sites is 1. The number of halogens is 1. The van der Waals surface area contributed by atoms with Gasteiger partial charge >= 0.3 is 5.97 Å². The molecule has 1 aliphatic heterocycles. The first-order chi connectivity index (χ1) is 11.1. The number of hydrogen-bond donors (Lipinski definition) is 1. The fourth-order valence-corrected chi connectivity index (χ4v) is 2.87. The fourth-order valence-electron chi connectivity index (χ4n) is 2.67. The molecule has 0 spiro atoms. The second-order valence-corrected chi connectivity index (χ2v) is 5.84. The quantitative estimate of drug-likeness (QED) is 0.875. The number of nitrogens with one attached hydrogen (secondary N) is 1. The molecule has 1 amide bonds. The molecular formula is C18H16ClNO3. The molecule has 23 heavy (non-hydrogen) atoms. The Morgan fingerprint density at radius 2 is 2.09 bits per heavy atom. The van der Waals surface area contributed by atoms with Crippen LogP contribution >= 0.6 is 11.6 Å². The maximum absolute atomic E-state index is 12.5. The van der Waals surface area contributed by atoms with E-state index in [1.54, 1.807) is 18.2 Å². The van der Waals surface area contributed by atoms with Crippen LogP contribution in [0.1, 0.15) is 28.4 Å². The lowest BCUT2D eigenvalue weighted by atomic mass is 9.98. The highest BCUT2D eigenvalue weighted by Crippen LogP contribution is 2.25. The van der Waals surface area contributed by atoms with E-state index < -0.39 is 12.1 Å². The number of ether oxygens (including phenoxy) is 1. The number of carbonyl (C=O) groups is 2. The second-order valence-electron chi connectivity index (χ2n) is 5.40. The first-order valence-electron chi connectivity index (χ1n) is 7.46. The minimum atomic E-state index is -0.849. The summed E-state index contributed by atoms with van der Waals surface area (Å²) in [5.74, 6) is -0.822. The molecule has 1 heterocycles. The van der Waals surface area contributed by atoms with Gasteiger partial charge in [0, 0.05) is 17.1 Å². The fraction of sp³-hybridized carbons (Fsp3) is 0.222. The van der Waals surface area contributed by atoms with Gasteiger partial charge in [-0.05, 0) is 41.8 Å². The predicted octanol–water partition coefficient (Wildman–Crippen LogP) is 3.62. The molecule has 1 atom stereocenters.